The third-order valence-electron chi connectivity index (χ3n) is 2.12. The fraction of sp³-hybridized carbons (Fsp3) is 0.857. The predicted octanol–water partition coefficient (Wildman–Crippen LogP) is -0.238. The molecule has 0 atom stereocenters. The maximum atomic E-state index is 12.8. The van der Waals surface area contributed by atoms with E-state index in [9.17, 15) is 22.0 Å². The van der Waals surface area contributed by atoms with Crippen molar-refractivity contribution in [1.29, 1.82) is 0 Å². The minimum Gasteiger partial charge on any atom is -0.457 e. The Kier molecular flexibility index (Phi) is 3.81. The summed E-state index contributed by atoms with van der Waals surface area (Å²) in [6, 6.07) is 0. The van der Waals surface area contributed by atoms with Crippen molar-refractivity contribution in [3.63, 3.8) is 0 Å². The molecule has 1 fully saturated rings. The van der Waals surface area contributed by atoms with Crippen LogP contribution in [0.15, 0.2) is 0 Å². The molecule has 0 aromatic rings. The van der Waals surface area contributed by atoms with Gasteiger partial charge in [-0.15, -0.1) is 0 Å². The number of piperidine rings is 1. The normalized spacial score (nSPS) is 19.4. The van der Waals surface area contributed by atoms with Crippen LogP contribution in [0.25, 0.3) is 0 Å². The first-order valence-electron chi connectivity index (χ1n) is 4.52. The molecule has 1 aliphatic rings. The van der Waals surface area contributed by atoms with E-state index in [2.05, 4.69) is 10.1 Å². The van der Waals surface area contributed by atoms with Gasteiger partial charge in [-0.25, -0.2) is 4.79 Å². The summed E-state index contributed by atoms with van der Waals surface area (Å²) in [5.74, 6) is -2.23. The molecule has 0 bridgehead atoms. The molecule has 1 rings (SSSR count). The lowest BCUT2D eigenvalue weighted by Gasteiger charge is -2.24. The summed E-state index contributed by atoms with van der Waals surface area (Å²) in [5.41, 5.74) is 0. The molecular formula is C7H11F2NO5S. The van der Waals surface area contributed by atoms with Gasteiger partial charge in [-0.05, 0) is 25.9 Å². The largest absolute Gasteiger partial charge is 0.465 e. The van der Waals surface area contributed by atoms with Crippen LogP contribution < -0.4 is 5.32 Å². The quantitative estimate of drug-likeness (QED) is 0.537. The van der Waals surface area contributed by atoms with Crippen molar-refractivity contribution in [3.8, 4) is 0 Å². The molecule has 16 heavy (non-hydrogen) atoms. The number of esters is 1. The van der Waals surface area contributed by atoms with Crippen LogP contribution in [0.3, 0.4) is 0 Å². The standard InChI is InChI=1S/C7H11F2NO5S/c8-7(9,16(12,13)14)6(11)15-5-1-3-10-4-2-5/h5,10H,1-4H2,(H,12,13,14). The Bertz CT molecular complexity index is 363. The van der Waals surface area contributed by atoms with Crippen LogP contribution in [0.1, 0.15) is 12.8 Å². The van der Waals surface area contributed by atoms with E-state index in [4.69, 9.17) is 4.55 Å². The zero-order chi connectivity index (χ0) is 12.4. The van der Waals surface area contributed by atoms with E-state index in [1.807, 2.05) is 0 Å². The van der Waals surface area contributed by atoms with Crippen LogP contribution in [0, 0.1) is 0 Å². The van der Waals surface area contributed by atoms with Gasteiger partial charge in [-0.3, -0.25) is 4.55 Å². The molecule has 1 heterocycles. The summed E-state index contributed by atoms with van der Waals surface area (Å²) in [6.07, 6.45) is -0.0954. The highest BCUT2D eigenvalue weighted by molar-refractivity contribution is 7.87. The first kappa shape index (κ1) is 13.3. The number of carbonyl (C=O) groups excluding carboxylic acids is 1. The smallest absolute Gasteiger partial charge is 0.457 e. The topological polar surface area (TPSA) is 92.7 Å². The third-order valence-corrected chi connectivity index (χ3v) is 2.94. The summed E-state index contributed by atoms with van der Waals surface area (Å²) in [5, 5.41) is -1.99. The summed E-state index contributed by atoms with van der Waals surface area (Å²) in [7, 11) is -5.78. The Morgan fingerprint density at radius 1 is 1.38 bits per heavy atom. The van der Waals surface area contributed by atoms with Crippen molar-refractivity contribution in [2.24, 2.45) is 0 Å². The number of halogens is 2. The highest BCUT2D eigenvalue weighted by Gasteiger charge is 2.54. The molecule has 6 nitrogen and oxygen atoms in total. The highest BCUT2D eigenvalue weighted by Crippen LogP contribution is 2.24. The molecule has 0 aliphatic carbocycles. The average molecular weight is 259 g/mol. The first-order chi connectivity index (χ1) is 7.25. The van der Waals surface area contributed by atoms with Crippen molar-refractivity contribution < 1.29 is 31.3 Å². The Morgan fingerprint density at radius 2 is 1.88 bits per heavy atom. The predicted molar refractivity (Wildman–Crippen MR) is 48.5 cm³/mol. The Labute approximate surface area is 90.7 Å². The minimum absolute atomic E-state index is 0.327. The molecule has 1 aliphatic heterocycles. The average Bonchev–Trinajstić information content (AvgIpc) is 2.17. The Hall–Kier alpha value is -0.800. The van der Waals surface area contributed by atoms with Crippen LogP contribution >= 0.6 is 0 Å². The molecule has 0 radical (unpaired) electrons. The lowest BCUT2D eigenvalue weighted by molar-refractivity contribution is -0.168. The second-order valence-corrected chi connectivity index (χ2v) is 4.81. The Morgan fingerprint density at radius 3 is 2.31 bits per heavy atom. The molecule has 0 aromatic carbocycles. The fourth-order valence-electron chi connectivity index (χ4n) is 1.24. The number of hydrogen-bond donors (Lipinski definition) is 2. The van der Waals surface area contributed by atoms with E-state index < -0.39 is 27.4 Å². The van der Waals surface area contributed by atoms with E-state index in [-0.39, 0.29) is 0 Å². The fourth-order valence-corrected chi connectivity index (χ4v) is 1.50. The first-order valence-corrected chi connectivity index (χ1v) is 5.96. The van der Waals surface area contributed by atoms with E-state index in [1.165, 1.54) is 0 Å². The van der Waals surface area contributed by atoms with E-state index >= 15 is 0 Å². The van der Waals surface area contributed by atoms with Crippen LogP contribution in [0.4, 0.5) is 8.78 Å². The third kappa shape index (κ3) is 2.86. The SMILES string of the molecule is O=C(OC1CCNCC1)C(F)(F)S(=O)(=O)O. The van der Waals surface area contributed by atoms with Gasteiger partial charge in [0.25, 0.3) is 0 Å². The minimum atomic E-state index is -5.78. The number of ether oxygens (including phenoxy) is 1. The van der Waals surface area contributed by atoms with Gasteiger partial charge in [0.2, 0.25) is 0 Å². The van der Waals surface area contributed by atoms with Crippen LogP contribution in [0.2, 0.25) is 0 Å². The molecule has 9 heteroatoms. The molecule has 94 valence electrons. The van der Waals surface area contributed by atoms with Gasteiger partial charge >= 0.3 is 21.3 Å². The number of hydrogen-bond acceptors (Lipinski definition) is 5. The zero-order valence-corrected chi connectivity index (χ0v) is 8.97. The zero-order valence-electron chi connectivity index (χ0n) is 8.15. The van der Waals surface area contributed by atoms with Gasteiger partial charge in [0, 0.05) is 0 Å². The number of alkyl halides is 2. The van der Waals surface area contributed by atoms with Crippen molar-refractivity contribution in [2.75, 3.05) is 13.1 Å². The van der Waals surface area contributed by atoms with Crippen LogP contribution in [-0.4, -0.2) is 43.4 Å². The van der Waals surface area contributed by atoms with Crippen LogP contribution in [0.5, 0.6) is 0 Å². The monoisotopic (exact) mass is 259 g/mol. The van der Waals surface area contributed by atoms with Crippen molar-refractivity contribution in [2.45, 2.75) is 24.2 Å². The maximum absolute atomic E-state index is 12.8. The van der Waals surface area contributed by atoms with Crippen molar-refractivity contribution >= 4 is 16.1 Å². The summed E-state index contributed by atoms with van der Waals surface area (Å²) < 4.78 is 58.4. The molecule has 0 unspecified atom stereocenters. The van der Waals surface area contributed by atoms with E-state index in [1.54, 1.807) is 0 Å². The number of carbonyl (C=O) groups is 1. The summed E-state index contributed by atoms with van der Waals surface area (Å²) >= 11 is 0. The molecule has 0 aromatic heterocycles. The molecule has 0 spiro atoms. The van der Waals surface area contributed by atoms with Crippen molar-refractivity contribution in [1.82, 2.24) is 5.32 Å². The number of nitrogens with one attached hydrogen (secondary N) is 1. The molecular weight excluding hydrogens is 248 g/mol. The Balaban J connectivity index is 2.64. The van der Waals surface area contributed by atoms with E-state index in [0.717, 1.165) is 0 Å². The lowest BCUT2D eigenvalue weighted by atomic mass is 10.1. The second-order valence-electron chi connectivity index (χ2n) is 3.35. The number of rotatable bonds is 3. The van der Waals surface area contributed by atoms with Crippen molar-refractivity contribution in [3.05, 3.63) is 0 Å². The van der Waals surface area contributed by atoms with Gasteiger partial charge in [0.15, 0.2) is 0 Å². The van der Waals surface area contributed by atoms with Gasteiger partial charge in [0.05, 0.1) is 0 Å². The lowest BCUT2D eigenvalue weighted by Crippen LogP contribution is -2.43. The molecule has 2 N–H and O–H groups in total. The summed E-state index contributed by atoms with van der Waals surface area (Å²) in [6.45, 7) is 0.991. The van der Waals surface area contributed by atoms with Gasteiger partial charge in [-0.2, -0.15) is 17.2 Å². The highest BCUT2D eigenvalue weighted by atomic mass is 32.2. The molecule has 1 saturated heterocycles. The maximum Gasteiger partial charge on any atom is 0.465 e. The van der Waals surface area contributed by atoms with Crippen LogP contribution in [-0.2, 0) is 19.6 Å². The van der Waals surface area contributed by atoms with Gasteiger partial charge < -0.3 is 10.1 Å². The summed E-state index contributed by atoms with van der Waals surface area (Å²) in [4.78, 5) is 10.8. The second kappa shape index (κ2) is 4.60. The van der Waals surface area contributed by atoms with E-state index in [0.29, 0.717) is 25.9 Å². The van der Waals surface area contributed by atoms with Gasteiger partial charge in [0.1, 0.15) is 6.10 Å². The van der Waals surface area contributed by atoms with Gasteiger partial charge in [-0.1, -0.05) is 0 Å². The molecule has 0 amide bonds. The molecule has 0 saturated carbocycles.